The van der Waals surface area contributed by atoms with Crippen LogP contribution in [0.4, 0.5) is 0 Å². The molecule has 19 heavy (non-hydrogen) atoms. The highest BCUT2D eigenvalue weighted by Gasteiger charge is 2.41. The van der Waals surface area contributed by atoms with E-state index in [4.69, 9.17) is 4.74 Å². The van der Waals surface area contributed by atoms with Crippen molar-refractivity contribution in [1.29, 1.82) is 0 Å². The van der Waals surface area contributed by atoms with Crippen molar-refractivity contribution < 1.29 is 4.74 Å². The van der Waals surface area contributed by atoms with Crippen LogP contribution in [0.2, 0.25) is 0 Å². The van der Waals surface area contributed by atoms with E-state index in [1.165, 1.54) is 70.8 Å². The van der Waals surface area contributed by atoms with E-state index in [9.17, 15) is 0 Å². The molecule has 2 rings (SSSR count). The van der Waals surface area contributed by atoms with Gasteiger partial charge in [0.05, 0.1) is 5.60 Å². The van der Waals surface area contributed by atoms with Gasteiger partial charge < -0.3 is 10.1 Å². The third-order valence-electron chi connectivity index (χ3n) is 5.14. The van der Waals surface area contributed by atoms with E-state index in [1.54, 1.807) is 0 Å². The minimum absolute atomic E-state index is 0.279. The van der Waals surface area contributed by atoms with Crippen LogP contribution in [0.25, 0.3) is 0 Å². The van der Waals surface area contributed by atoms with Crippen LogP contribution in [0.3, 0.4) is 0 Å². The maximum Gasteiger partial charge on any atom is 0.0685 e. The first-order chi connectivity index (χ1) is 9.29. The highest BCUT2D eigenvalue weighted by Crippen LogP contribution is 2.43. The van der Waals surface area contributed by atoms with Gasteiger partial charge in [0.2, 0.25) is 0 Å². The molecule has 2 fully saturated rings. The molecule has 2 atom stereocenters. The van der Waals surface area contributed by atoms with Crippen LogP contribution in [-0.4, -0.2) is 24.8 Å². The summed E-state index contributed by atoms with van der Waals surface area (Å²) >= 11 is 0. The van der Waals surface area contributed by atoms with Gasteiger partial charge in [-0.25, -0.2) is 0 Å². The third-order valence-corrected chi connectivity index (χ3v) is 5.14. The molecular weight excluding hydrogens is 234 g/mol. The minimum atomic E-state index is 0.279. The largest absolute Gasteiger partial charge is 0.375 e. The Morgan fingerprint density at radius 3 is 2.68 bits per heavy atom. The van der Waals surface area contributed by atoms with E-state index < -0.39 is 0 Å². The number of nitrogens with one attached hydrogen (secondary N) is 1. The van der Waals surface area contributed by atoms with Gasteiger partial charge in [0.1, 0.15) is 0 Å². The molecule has 0 radical (unpaired) electrons. The summed E-state index contributed by atoms with van der Waals surface area (Å²) in [5, 5.41) is 3.82. The Hall–Kier alpha value is -0.0800. The van der Waals surface area contributed by atoms with Gasteiger partial charge in [-0.15, -0.1) is 0 Å². The molecule has 0 aromatic carbocycles. The molecule has 1 N–H and O–H groups in total. The van der Waals surface area contributed by atoms with E-state index in [0.717, 1.165) is 18.6 Å². The van der Waals surface area contributed by atoms with Gasteiger partial charge >= 0.3 is 0 Å². The molecule has 2 unspecified atom stereocenters. The third kappa shape index (κ3) is 4.19. The van der Waals surface area contributed by atoms with E-state index in [1.807, 2.05) is 0 Å². The lowest BCUT2D eigenvalue weighted by atomic mass is 9.79. The van der Waals surface area contributed by atoms with Crippen molar-refractivity contribution >= 4 is 0 Å². The molecule has 0 aromatic heterocycles. The lowest BCUT2D eigenvalue weighted by molar-refractivity contribution is -0.0983. The first kappa shape index (κ1) is 15.3. The van der Waals surface area contributed by atoms with Crippen LogP contribution in [0.1, 0.15) is 78.1 Å². The fraction of sp³-hybridized carbons (Fsp3) is 1.00. The molecule has 1 saturated carbocycles. The highest BCUT2D eigenvalue weighted by molar-refractivity contribution is 4.94. The maximum absolute atomic E-state index is 6.19. The quantitative estimate of drug-likeness (QED) is 0.743. The molecule has 1 aliphatic carbocycles. The van der Waals surface area contributed by atoms with Gasteiger partial charge in [-0.3, -0.25) is 0 Å². The van der Waals surface area contributed by atoms with Gasteiger partial charge in [0.15, 0.2) is 0 Å². The molecule has 2 nitrogen and oxygen atoms in total. The molecule has 0 bridgehead atoms. The van der Waals surface area contributed by atoms with Crippen LogP contribution < -0.4 is 5.32 Å². The molecule has 0 aromatic rings. The SMILES string of the molecule is CCCCC(NCCC)C1CCOC2(CCCC2)C1. The zero-order chi connectivity index (χ0) is 13.6. The topological polar surface area (TPSA) is 21.3 Å². The average molecular weight is 267 g/mol. The van der Waals surface area contributed by atoms with Crippen molar-refractivity contribution in [3.05, 3.63) is 0 Å². The Labute approximate surface area is 119 Å². The normalized spacial score (nSPS) is 27.8. The Bertz CT molecular complexity index is 240. The van der Waals surface area contributed by atoms with Crippen LogP contribution in [0, 0.1) is 5.92 Å². The summed E-state index contributed by atoms with van der Waals surface area (Å²) in [6.07, 6.45) is 13.3. The second-order valence-corrected chi connectivity index (χ2v) is 6.69. The monoisotopic (exact) mass is 267 g/mol. The van der Waals surface area contributed by atoms with Gasteiger partial charge in [-0.2, -0.15) is 0 Å². The molecular formula is C17H33NO. The maximum atomic E-state index is 6.19. The standard InChI is InChI=1S/C17H33NO/c1-3-5-8-16(18-12-4-2)15-9-13-19-17(14-15)10-6-7-11-17/h15-16,18H,3-14H2,1-2H3. The summed E-state index contributed by atoms with van der Waals surface area (Å²) < 4.78 is 6.19. The predicted molar refractivity (Wildman–Crippen MR) is 81.5 cm³/mol. The Balaban J connectivity index is 1.90. The fourth-order valence-electron chi connectivity index (χ4n) is 4.04. The van der Waals surface area contributed by atoms with E-state index in [0.29, 0.717) is 0 Å². The lowest BCUT2D eigenvalue weighted by Gasteiger charge is -2.41. The van der Waals surface area contributed by atoms with Crippen LogP contribution in [0.15, 0.2) is 0 Å². The minimum Gasteiger partial charge on any atom is -0.375 e. The van der Waals surface area contributed by atoms with Crippen molar-refractivity contribution in [1.82, 2.24) is 5.32 Å². The van der Waals surface area contributed by atoms with Crippen molar-refractivity contribution in [2.75, 3.05) is 13.2 Å². The second kappa shape index (κ2) is 7.64. The zero-order valence-corrected chi connectivity index (χ0v) is 13.0. The molecule has 2 aliphatic rings. The van der Waals surface area contributed by atoms with Crippen LogP contribution in [-0.2, 0) is 4.74 Å². The average Bonchev–Trinajstić information content (AvgIpc) is 2.87. The number of ether oxygens (including phenoxy) is 1. The Morgan fingerprint density at radius 1 is 1.21 bits per heavy atom. The fourth-order valence-corrected chi connectivity index (χ4v) is 4.04. The lowest BCUT2D eigenvalue weighted by Crippen LogP contribution is -2.46. The van der Waals surface area contributed by atoms with E-state index >= 15 is 0 Å². The van der Waals surface area contributed by atoms with Crippen LogP contribution >= 0.6 is 0 Å². The van der Waals surface area contributed by atoms with Gasteiger partial charge in [-0.05, 0) is 51.0 Å². The summed E-state index contributed by atoms with van der Waals surface area (Å²) in [5.41, 5.74) is 0.279. The van der Waals surface area contributed by atoms with E-state index in [2.05, 4.69) is 19.2 Å². The summed E-state index contributed by atoms with van der Waals surface area (Å²) in [7, 11) is 0. The first-order valence-corrected chi connectivity index (χ1v) is 8.67. The number of hydrogen-bond acceptors (Lipinski definition) is 2. The van der Waals surface area contributed by atoms with Gasteiger partial charge in [0.25, 0.3) is 0 Å². The molecule has 1 saturated heterocycles. The molecule has 1 aliphatic heterocycles. The van der Waals surface area contributed by atoms with Gasteiger partial charge in [-0.1, -0.05) is 39.5 Å². The van der Waals surface area contributed by atoms with Crippen LogP contribution in [0.5, 0.6) is 0 Å². The molecule has 1 spiro atoms. The predicted octanol–water partition coefficient (Wildman–Crippen LogP) is 4.28. The Kier molecular flexibility index (Phi) is 6.15. The molecule has 2 heteroatoms. The number of hydrogen-bond donors (Lipinski definition) is 1. The van der Waals surface area contributed by atoms with Crippen molar-refractivity contribution in [3.63, 3.8) is 0 Å². The molecule has 112 valence electrons. The summed E-state index contributed by atoms with van der Waals surface area (Å²) in [6.45, 7) is 6.76. The number of unbranched alkanes of at least 4 members (excludes halogenated alkanes) is 1. The van der Waals surface area contributed by atoms with Crippen molar-refractivity contribution in [2.24, 2.45) is 5.92 Å². The molecule has 0 amide bonds. The zero-order valence-electron chi connectivity index (χ0n) is 13.0. The molecule has 1 heterocycles. The highest BCUT2D eigenvalue weighted by atomic mass is 16.5. The van der Waals surface area contributed by atoms with Crippen molar-refractivity contribution in [2.45, 2.75) is 89.7 Å². The number of rotatable bonds is 7. The first-order valence-electron chi connectivity index (χ1n) is 8.67. The second-order valence-electron chi connectivity index (χ2n) is 6.69. The summed E-state index contributed by atoms with van der Waals surface area (Å²) in [6, 6.07) is 0.737. The Morgan fingerprint density at radius 2 is 2.00 bits per heavy atom. The van der Waals surface area contributed by atoms with E-state index in [-0.39, 0.29) is 5.60 Å². The smallest absolute Gasteiger partial charge is 0.0685 e. The summed E-state index contributed by atoms with van der Waals surface area (Å²) in [4.78, 5) is 0. The summed E-state index contributed by atoms with van der Waals surface area (Å²) in [5.74, 6) is 0.852. The van der Waals surface area contributed by atoms with Gasteiger partial charge in [0, 0.05) is 12.6 Å². The van der Waals surface area contributed by atoms with Crippen molar-refractivity contribution in [3.8, 4) is 0 Å².